The molecule has 2 bridgehead atoms. The fourth-order valence-electron chi connectivity index (χ4n) is 6.17. The van der Waals surface area contributed by atoms with Crippen LogP contribution in [-0.2, 0) is 4.79 Å². The van der Waals surface area contributed by atoms with Crippen molar-refractivity contribution < 1.29 is 4.79 Å². The van der Waals surface area contributed by atoms with Crippen molar-refractivity contribution in [3.63, 3.8) is 0 Å². The van der Waals surface area contributed by atoms with E-state index in [2.05, 4.69) is 16.8 Å². The van der Waals surface area contributed by atoms with Gasteiger partial charge in [0, 0.05) is 30.6 Å². The lowest BCUT2D eigenvalue weighted by Gasteiger charge is -2.48. The highest BCUT2D eigenvalue weighted by molar-refractivity contribution is 6.20. The third-order valence-corrected chi connectivity index (χ3v) is 8.01. The number of fused-ring (bicyclic) bond motifs is 2. The van der Waals surface area contributed by atoms with Gasteiger partial charge in [-0.25, -0.2) is 0 Å². The zero-order valence-corrected chi connectivity index (χ0v) is 15.9. The molecule has 2 unspecified atom stereocenters. The van der Waals surface area contributed by atoms with E-state index in [1.54, 1.807) is 0 Å². The van der Waals surface area contributed by atoms with Crippen LogP contribution in [0.1, 0.15) is 64.2 Å². The Balaban J connectivity index is 1.55. The maximum atomic E-state index is 13.5. The Kier molecular flexibility index (Phi) is 5.11. The van der Waals surface area contributed by atoms with Gasteiger partial charge in [0.2, 0.25) is 5.91 Å². The van der Waals surface area contributed by atoms with E-state index in [1.165, 1.54) is 51.4 Å². The van der Waals surface area contributed by atoms with Crippen LogP contribution < -0.4 is 0 Å². The second-order valence-electron chi connectivity index (χ2n) is 8.79. The molecule has 1 amide bonds. The zero-order valence-electron chi connectivity index (χ0n) is 15.1. The van der Waals surface area contributed by atoms with E-state index in [9.17, 15) is 4.79 Å². The first-order valence-corrected chi connectivity index (χ1v) is 10.7. The zero-order chi connectivity index (χ0) is 16.7. The summed E-state index contributed by atoms with van der Waals surface area (Å²) in [4.78, 5) is 18.2. The molecule has 0 aromatic rings. The number of nitrogens with zero attached hydrogens (tertiary/aromatic N) is 2. The molecule has 3 saturated heterocycles. The monoisotopic (exact) mass is 352 g/mol. The molecule has 4 rings (SSSR count). The van der Waals surface area contributed by atoms with Crippen molar-refractivity contribution in [1.29, 1.82) is 0 Å². The van der Waals surface area contributed by atoms with Crippen LogP contribution in [0, 0.1) is 17.8 Å². The highest BCUT2D eigenvalue weighted by Crippen LogP contribution is 2.48. The van der Waals surface area contributed by atoms with E-state index in [4.69, 9.17) is 11.6 Å². The highest BCUT2D eigenvalue weighted by atomic mass is 35.5. The number of alkyl halides is 1. The van der Waals surface area contributed by atoms with Crippen molar-refractivity contribution in [1.82, 2.24) is 9.80 Å². The van der Waals surface area contributed by atoms with Crippen LogP contribution in [0.25, 0.3) is 0 Å². The number of hydrogen-bond acceptors (Lipinski definition) is 2. The van der Waals surface area contributed by atoms with Gasteiger partial charge in [-0.3, -0.25) is 9.69 Å². The van der Waals surface area contributed by atoms with Gasteiger partial charge in [-0.05, 0) is 83.1 Å². The van der Waals surface area contributed by atoms with Crippen molar-refractivity contribution in [3.8, 4) is 0 Å². The number of hydrogen-bond donors (Lipinski definition) is 0. The van der Waals surface area contributed by atoms with Crippen LogP contribution in [0.5, 0.6) is 0 Å². The molecule has 0 aromatic carbocycles. The summed E-state index contributed by atoms with van der Waals surface area (Å²) in [6, 6.07) is 1.22. The molecule has 136 valence electrons. The Morgan fingerprint density at radius 1 is 0.958 bits per heavy atom. The van der Waals surface area contributed by atoms with Crippen LogP contribution in [-0.4, -0.2) is 53.3 Å². The quantitative estimate of drug-likeness (QED) is 0.704. The fraction of sp³-hybridized carbons (Fsp3) is 0.950. The normalized spacial score (nSPS) is 43.8. The Labute approximate surface area is 152 Å². The number of halogens is 1. The molecule has 24 heavy (non-hydrogen) atoms. The maximum Gasteiger partial charge on any atom is 0.227 e. The van der Waals surface area contributed by atoms with E-state index < -0.39 is 0 Å². The predicted molar refractivity (Wildman–Crippen MR) is 98.2 cm³/mol. The van der Waals surface area contributed by atoms with Crippen LogP contribution in [0.2, 0.25) is 0 Å². The van der Waals surface area contributed by atoms with Gasteiger partial charge in [-0.1, -0.05) is 0 Å². The fourth-order valence-corrected chi connectivity index (χ4v) is 6.42. The third-order valence-electron chi connectivity index (χ3n) is 7.57. The number of carbonyl (C=O) groups excluding carboxylic acids is 1. The van der Waals surface area contributed by atoms with Crippen molar-refractivity contribution >= 4 is 17.5 Å². The minimum Gasteiger partial charge on any atom is -0.342 e. The van der Waals surface area contributed by atoms with E-state index in [0.717, 1.165) is 37.9 Å². The molecule has 3 heterocycles. The lowest BCUT2D eigenvalue weighted by atomic mass is 9.68. The van der Waals surface area contributed by atoms with Gasteiger partial charge in [0.05, 0.1) is 5.92 Å². The van der Waals surface area contributed by atoms with Crippen LogP contribution in [0.3, 0.4) is 0 Å². The molecule has 4 fully saturated rings. The number of rotatable bonds is 2. The second-order valence-corrected chi connectivity index (χ2v) is 9.40. The summed E-state index contributed by atoms with van der Waals surface area (Å²) >= 11 is 6.35. The lowest BCUT2D eigenvalue weighted by molar-refractivity contribution is -0.144. The molecule has 4 heteroatoms. The molecular weight excluding hydrogens is 320 g/mol. The van der Waals surface area contributed by atoms with Gasteiger partial charge < -0.3 is 4.90 Å². The van der Waals surface area contributed by atoms with Gasteiger partial charge in [0.25, 0.3) is 0 Å². The predicted octanol–water partition coefficient (Wildman–Crippen LogP) is 3.90. The van der Waals surface area contributed by atoms with E-state index >= 15 is 0 Å². The van der Waals surface area contributed by atoms with Gasteiger partial charge in [0.15, 0.2) is 0 Å². The minimum atomic E-state index is 0.253. The topological polar surface area (TPSA) is 23.6 Å². The molecular formula is C20H33ClN2O. The van der Waals surface area contributed by atoms with Crippen molar-refractivity contribution in [2.75, 3.05) is 20.1 Å². The van der Waals surface area contributed by atoms with Crippen molar-refractivity contribution in [3.05, 3.63) is 0 Å². The molecule has 3 aliphatic heterocycles. The molecule has 1 saturated carbocycles. The second kappa shape index (κ2) is 7.15. The first-order chi connectivity index (χ1) is 11.6. The van der Waals surface area contributed by atoms with Gasteiger partial charge in [-0.2, -0.15) is 0 Å². The summed E-state index contributed by atoms with van der Waals surface area (Å²) in [6.07, 6.45) is 12.2. The smallest absolute Gasteiger partial charge is 0.227 e. The Bertz CT molecular complexity index is 457. The standard InChI is InChI=1S/C20H33ClN2O/c1-22-16-9-10-18(22)19(20(24)23-11-3-2-4-12-23)17(13-16)14-5-7-15(21)8-6-14/h14-19H,2-13H2,1H3/t14?,15?,16-,17-,18?,19?/m1/s1. The molecule has 4 atom stereocenters. The number of likely N-dealkylation sites (tertiary alicyclic amines) is 1. The molecule has 4 aliphatic rings. The number of carbonyl (C=O) groups is 1. The van der Waals surface area contributed by atoms with Gasteiger partial charge >= 0.3 is 0 Å². The SMILES string of the molecule is CN1C2CC[C@@H]1C[C@H](C1CCC(Cl)CC1)C2C(=O)N1CCCCC1. The third kappa shape index (κ3) is 3.11. The average Bonchev–Trinajstić information content (AvgIpc) is 2.85. The van der Waals surface area contributed by atoms with Gasteiger partial charge in [-0.15, -0.1) is 11.6 Å². The van der Waals surface area contributed by atoms with Crippen molar-refractivity contribution in [2.45, 2.75) is 81.7 Å². The molecule has 0 radical (unpaired) electrons. The summed E-state index contributed by atoms with van der Waals surface area (Å²) in [5, 5.41) is 0.375. The lowest BCUT2D eigenvalue weighted by Crippen LogP contribution is -2.55. The van der Waals surface area contributed by atoms with E-state index in [1.807, 2.05) is 0 Å². The summed E-state index contributed by atoms with van der Waals surface area (Å²) in [5.41, 5.74) is 0. The number of amides is 1. The summed E-state index contributed by atoms with van der Waals surface area (Å²) < 4.78 is 0. The highest BCUT2D eigenvalue weighted by Gasteiger charge is 2.51. The van der Waals surface area contributed by atoms with Crippen LogP contribution in [0.15, 0.2) is 0 Å². The Hall–Kier alpha value is -0.280. The molecule has 0 aromatic heterocycles. The van der Waals surface area contributed by atoms with Gasteiger partial charge in [0.1, 0.15) is 0 Å². The average molecular weight is 353 g/mol. The Morgan fingerprint density at radius 2 is 1.67 bits per heavy atom. The molecule has 0 N–H and O–H groups in total. The summed E-state index contributed by atoms with van der Waals surface area (Å²) in [7, 11) is 2.27. The van der Waals surface area contributed by atoms with E-state index in [0.29, 0.717) is 23.2 Å². The van der Waals surface area contributed by atoms with Crippen molar-refractivity contribution in [2.24, 2.45) is 17.8 Å². The summed E-state index contributed by atoms with van der Waals surface area (Å²) in [5.74, 6) is 2.08. The first-order valence-electron chi connectivity index (χ1n) is 10.3. The largest absolute Gasteiger partial charge is 0.342 e. The summed E-state index contributed by atoms with van der Waals surface area (Å²) in [6.45, 7) is 1.99. The minimum absolute atomic E-state index is 0.253. The first kappa shape index (κ1) is 17.1. The molecule has 0 spiro atoms. The van der Waals surface area contributed by atoms with E-state index in [-0.39, 0.29) is 5.92 Å². The Morgan fingerprint density at radius 3 is 2.38 bits per heavy atom. The molecule has 3 nitrogen and oxygen atoms in total. The number of piperidine rings is 2. The maximum absolute atomic E-state index is 13.5. The molecule has 1 aliphatic carbocycles. The van der Waals surface area contributed by atoms with Crippen LogP contribution in [0.4, 0.5) is 0 Å². The van der Waals surface area contributed by atoms with Crippen LogP contribution >= 0.6 is 11.6 Å².